The van der Waals surface area contributed by atoms with Gasteiger partial charge in [0.1, 0.15) is 5.82 Å². The second-order valence-electron chi connectivity index (χ2n) is 8.59. The van der Waals surface area contributed by atoms with Crippen molar-refractivity contribution in [1.29, 1.82) is 0 Å². The standard InChI is InChI=1S/C26H26FN3O/c1-18(31)28-17-26(2,3)25(19-7-5-4-6-8-19)20-9-14-24-21(15-20)16-29-30(24)23-12-10-22(27)11-13-23/h4-16,25H,17H2,1-3H3,(H,28,31)/t25-/m0/s1. The highest BCUT2D eigenvalue weighted by Crippen LogP contribution is 2.41. The lowest BCUT2D eigenvalue weighted by Crippen LogP contribution is -2.37. The molecule has 1 heterocycles. The van der Waals surface area contributed by atoms with E-state index in [-0.39, 0.29) is 23.1 Å². The average molecular weight is 416 g/mol. The normalized spacial score (nSPS) is 12.6. The maximum atomic E-state index is 13.3. The first kappa shape index (κ1) is 20.8. The van der Waals surface area contributed by atoms with E-state index in [2.05, 4.69) is 54.6 Å². The third kappa shape index (κ3) is 4.36. The number of nitrogens with zero attached hydrogens (tertiary/aromatic N) is 2. The number of fused-ring (bicyclic) bond motifs is 1. The van der Waals surface area contributed by atoms with Crippen LogP contribution in [0, 0.1) is 11.2 Å². The van der Waals surface area contributed by atoms with Crippen LogP contribution < -0.4 is 5.32 Å². The Balaban J connectivity index is 1.77. The lowest BCUT2D eigenvalue weighted by Gasteiger charge is -2.35. The zero-order chi connectivity index (χ0) is 22.0. The van der Waals surface area contributed by atoms with Gasteiger partial charge in [0.25, 0.3) is 0 Å². The van der Waals surface area contributed by atoms with Crippen LogP contribution in [0.4, 0.5) is 4.39 Å². The molecule has 31 heavy (non-hydrogen) atoms. The summed E-state index contributed by atoms with van der Waals surface area (Å²) in [5.74, 6) is -0.218. The van der Waals surface area contributed by atoms with Gasteiger partial charge in [0.15, 0.2) is 0 Å². The fraction of sp³-hybridized carbons (Fsp3) is 0.231. The number of aromatic nitrogens is 2. The lowest BCUT2D eigenvalue weighted by atomic mass is 9.71. The van der Waals surface area contributed by atoms with Gasteiger partial charge in [-0.25, -0.2) is 9.07 Å². The van der Waals surface area contributed by atoms with E-state index in [0.717, 1.165) is 22.2 Å². The van der Waals surface area contributed by atoms with Crippen molar-refractivity contribution in [3.8, 4) is 5.69 Å². The molecule has 0 radical (unpaired) electrons. The summed E-state index contributed by atoms with van der Waals surface area (Å²) < 4.78 is 15.1. The van der Waals surface area contributed by atoms with Gasteiger partial charge >= 0.3 is 0 Å². The maximum absolute atomic E-state index is 13.3. The molecule has 3 aromatic carbocycles. The molecule has 0 bridgehead atoms. The van der Waals surface area contributed by atoms with Gasteiger partial charge in [-0.15, -0.1) is 0 Å². The Morgan fingerprint density at radius 2 is 1.74 bits per heavy atom. The van der Waals surface area contributed by atoms with Gasteiger partial charge in [0, 0.05) is 24.8 Å². The minimum Gasteiger partial charge on any atom is -0.356 e. The van der Waals surface area contributed by atoms with Crippen molar-refractivity contribution in [2.45, 2.75) is 26.7 Å². The third-order valence-corrected chi connectivity index (χ3v) is 5.70. The third-order valence-electron chi connectivity index (χ3n) is 5.70. The van der Waals surface area contributed by atoms with E-state index in [9.17, 15) is 9.18 Å². The number of rotatable bonds is 6. The van der Waals surface area contributed by atoms with E-state index < -0.39 is 0 Å². The predicted molar refractivity (Wildman–Crippen MR) is 122 cm³/mol. The molecule has 1 aromatic heterocycles. The second kappa shape index (κ2) is 8.34. The number of hydrogen-bond donors (Lipinski definition) is 1. The van der Waals surface area contributed by atoms with E-state index in [1.165, 1.54) is 17.7 Å². The minimum absolute atomic E-state index is 0.0316. The molecule has 1 amide bonds. The smallest absolute Gasteiger partial charge is 0.216 e. The van der Waals surface area contributed by atoms with E-state index in [4.69, 9.17) is 0 Å². The summed E-state index contributed by atoms with van der Waals surface area (Å²) in [4.78, 5) is 11.6. The average Bonchev–Trinajstić information content (AvgIpc) is 3.17. The summed E-state index contributed by atoms with van der Waals surface area (Å²) in [5, 5.41) is 8.53. The van der Waals surface area contributed by atoms with E-state index in [1.807, 2.05) is 29.1 Å². The highest BCUT2D eigenvalue weighted by atomic mass is 19.1. The number of benzene rings is 3. The van der Waals surface area contributed by atoms with Crippen molar-refractivity contribution in [2.75, 3.05) is 6.54 Å². The van der Waals surface area contributed by atoms with Crippen LogP contribution in [-0.2, 0) is 4.79 Å². The lowest BCUT2D eigenvalue weighted by molar-refractivity contribution is -0.119. The van der Waals surface area contributed by atoms with Crippen LogP contribution in [0.5, 0.6) is 0 Å². The largest absolute Gasteiger partial charge is 0.356 e. The molecule has 0 aliphatic carbocycles. The Hall–Kier alpha value is -3.47. The number of halogens is 1. The van der Waals surface area contributed by atoms with Crippen LogP contribution >= 0.6 is 0 Å². The first-order chi connectivity index (χ1) is 14.8. The quantitative estimate of drug-likeness (QED) is 0.455. The van der Waals surface area contributed by atoms with Gasteiger partial charge in [0.05, 0.1) is 17.4 Å². The number of hydrogen-bond acceptors (Lipinski definition) is 2. The van der Waals surface area contributed by atoms with Crippen LogP contribution in [-0.4, -0.2) is 22.2 Å². The van der Waals surface area contributed by atoms with Gasteiger partial charge in [-0.2, -0.15) is 5.10 Å². The molecule has 0 saturated carbocycles. The molecule has 0 aliphatic rings. The molecule has 0 aliphatic heterocycles. The van der Waals surface area contributed by atoms with Crippen LogP contribution in [0.15, 0.2) is 79.0 Å². The zero-order valence-corrected chi connectivity index (χ0v) is 18.0. The summed E-state index contributed by atoms with van der Waals surface area (Å²) in [7, 11) is 0. The monoisotopic (exact) mass is 415 g/mol. The minimum atomic E-state index is -0.269. The number of amides is 1. The van der Waals surface area contributed by atoms with Crippen molar-refractivity contribution < 1.29 is 9.18 Å². The van der Waals surface area contributed by atoms with Crippen molar-refractivity contribution in [3.63, 3.8) is 0 Å². The van der Waals surface area contributed by atoms with Crippen LogP contribution in [0.25, 0.3) is 16.6 Å². The summed E-state index contributed by atoms with van der Waals surface area (Å²) in [5.41, 5.74) is 3.92. The highest BCUT2D eigenvalue weighted by molar-refractivity contribution is 5.81. The van der Waals surface area contributed by atoms with Gasteiger partial charge < -0.3 is 5.32 Å². The molecule has 158 valence electrons. The zero-order valence-electron chi connectivity index (χ0n) is 18.0. The van der Waals surface area contributed by atoms with Gasteiger partial charge in [-0.1, -0.05) is 50.2 Å². The number of carbonyl (C=O) groups is 1. The Labute approximate surface area is 181 Å². The molecule has 4 nitrogen and oxygen atoms in total. The first-order valence-electron chi connectivity index (χ1n) is 10.4. The van der Waals surface area contributed by atoms with Crippen molar-refractivity contribution >= 4 is 16.8 Å². The molecule has 0 saturated heterocycles. The summed E-state index contributed by atoms with van der Waals surface area (Å²) in [6, 6.07) is 23.0. The Morgan fingerprint density at radius 3 is 2.42 bits per heavy atom. The molecule has 1 atom stereocenters. The fourth-order valence-corrected chi connectivity index (χ4v) is 4.21. The Kier molecular flexibility index (Phi) is 5.59. The molecule has 0 spiro atoms. The fourth-order valence-electron chi connectivity index (χ4n) is 4.21. The van der Waals surface area contributed by atoms with Crippen LogP contribution in [0.1, 0.15) is 37.8 Å². The second-order valence-corrected chi connectivity index (χ2v) is 8.59. The Bertz CT molecular complexity index is 1200. The van der Waals surface area contributed by atoms with Crippen molar-refractivity contribution in [1.82, 2.24) is 15.1 Å². The van der Waals surface area contributed by atoms with Crippen LogP contribution in [0.2, 0.25) is 0 Å². The molecule has 5 heteroatoms. The molecule has 1 N–H and O–H groups in total. The van der Waals surface area contributed by atoms with E-state index >= 15 is 0 Å². The summed E-state index contributed by atoms with van der Waals surface area (Å²) in [6.45, 7) is 6.46. The maximum Gasteiger partial charge on any atom is 0.216 e. The van der Waals surface area contributed by atoms with E-state index in [0.29, 0.717) is 6.54 Å². The van der Waals surface area contributed by atoms with Crippen molar-refractivity contribution in [3.05, 3.63) is 95.9 Å². The number of nitrogens with one attached hydrogen (secondary N) is 1. The molecule has 4 rings (SSSR count). The molecule has 4 aromatic rings. The first-order valence-corrected chi connectivity index (χ1v) is 10.4. The highest BCUT2D eigenvalue weighted by Gasteiger charge is 2.32. The van der Waals surface area contributed by atoms with E-state index in [1.54, 1.807) is 19.1 Å². The topological polar surface area (TPSA) is 46.9 Å². The molecule has 0 fully saturated rings. The summed E-state index contributed by atoms with van der Waals surface area (Å²) >= 11 is 0. The Morgan fingerprint density at radius 1 is 1.03 bits per heavy atom. The SMILES string of the molecule is CC(=O)NCC(C)(C)[C@@H](c1ccccc1)c1ccc2c(cnn2-c2ccc(F)cc2)c1. The van der Waals surface area contributed by atoms with Gasteiger partial charge in [-0.05, 0) is 52.9 Å². The molecular weight excluding hydrogens is 389 g/mol. The number of carbonyl (C=O) groups excluding carboxylic acids is 1. The molecular formula is C26H26FN3O. The predicted octanol–water partition coefficient (Wildman–Crippen LogP) is 5.46. The van der Waals surface area contributed by atoms with Crippen LogP contribution in [0.3, 0.4) is 0 Å². The molecule has 0 unspecified atom stereocenters. The van der Waals surface area contributed by atoms with Gasteiger partial charge in [0.2, 0.25) is 5.91 Å². The van der Waals surface area contributed by atoms with Gasteiger partial charge in [-0.3, -0.25) is 4.79 Å². The summed E-state index contributed by atoms with van der Waals surface area (Å²) in [6.07, 6.45) is 1.84. The van der Waals surface area contributed by atoms with Crippen molar-refractivity contribution in [2.24, 2.45) is 5.41 Å².